The summed E-state index contributed by atoms with van der Waals surface area (Å²) in [6, 6.07) is 5.43. The van der Waals surface area contributed by atoms with Gasteiger partial charge in [0.05, 0.1) is 22.1 Å². The zero-order chi connectivity index (χ0) is 15.5. The van der Waals surface area contributed by atoms with Gasteiger partial charge in [-0.15, -0.1) is 0 Å². The molecule has 3 rings (SSSR count). The predicted octanol–water partition coefficient (Wildman–Crippen LogP) is 3.05. The second-order valence-electron chi connectivity index (χ2n) is 4.94. The van der Waals surface area contributed by atoms with E-state index in [1.807, 2.05) is 30.4 Å². The molecule has 2 radical (unpaired) electrons. The number of ether oxygens (including phenoxy) is 2. The normalized spacial score (nSPS) is 17.2. The smallest absolute Gasteiger partial charge is 0.258 e. The molecule has 1 aliphatic rings. The monoisotopic (exact) mass is 294 g/mol. The third-order valence-electron chi connectivity index (χ3n) is 3.42. The first-order valence-corrected chi connectivity index (χ1v) is 6.91. The standard InChI is InChI=1S/C16H15BN2O3/c1-20-13-7-11(8-14(9-13)21-2)16-18-15(19-22-16)10-3-5-12(17)6-4-10/h3-5,7-9,12H,6H2,1-2H3/t12-/m0/s1. The van der Waals surface area contributed by atoms with Crippen molar-refractivity contribution in [3.05, 3.63) is 42.3 Å². The zero-order valence-corrected chi connectivity index (χ0v) is 12.4. The lowest BCUT2D eigenvalue weighted by Crippen LogP contribution is -1.94. The van der Waals surface area contributed by atoms with Crippen molar-refractivity contribution < 1.29 is 14.0 Å². The number of methoxy groups -OCH3 is 2. The molecule has 1 aromatic heterocycles. The largest absolute Gasteiger partial charge is 0.497 e. The fourth-order valence-electron chi connectivity index (χ4n) is 2.19. The highest BCUT2D eigenvalue weighted by molar-refractivity contribution is 6.13. The van der Waals surface area contributed by atoms with Crippen LogP contribution in [-0.2, 0) is 0 Å². The Morgan fingerprint density at radius 2 is 1.91 bits per heavy atom. The van der Waals surface area contributed by atoms with Crippen molar-refractivity contribution in [2.75, 3.05) is 14.2 Å². The van der Waals surface area contributed by atoms with Crippen LogP contribution in [0.5, 0.6) is 11.5 Å². The molecule has 0 N–H and O–H groups in total. The van der Waals surface area contributed by atoms with Gasteiger partial charge in [-0.25, -0.2) is 0 Å². The van der Waals surface area contributed by atoms with Crippen molar-refractivity contribution in [1.82, 2.24) is 10.1 Å². The molecule has 0 aliphatic heterocycles. The van der Waals surface area contributed by atoms with Crippen LogP contribution in [0.3, 0.4) is 0 Å². The van der Waals surface area contributed by atoms with Crippen LogP contribution >= 0.6 is 0 Å². The van der Waals surface area contributed by atoms with Crippen LogP contribution in [0.4, 0.5) is 0 Å². The number of aromatic nitrogens is 2. The summed E-state index contributed by atoms with van der Waals surface area (Å²) in [6.07, 6.45) is 6.61. The van der Waals surface area contributed by atoms with Crippen molar-refractivity contribution in [2.45, 2.75) is 12.2 Å². The fourth-order valence-corrected chi connectivity index (χ4v) is 2.19. The first-order chi connectivity index (χ1) is 10.7. The number of hydrogen-bond donors (Lipinski definition) is 0. The van der Waals surface area contributed by atoms with E-state index in [1.165, 1.54) is 0 Å². The number of hydrogen-bond acceptors (Lipinski definition) is 5. The van der Waals surface area contributed by atoms with Crippen LogP contribution in [-0.4, -0.2) is 32.2 Å². The average Bonchev–Trinajstić information content (AvgIpc) is 3.05. The van der Waals surface area contributed by atoms with Gasteiger partial charge in [-0.3, -0.25) is 0 Å². The van der Waals surface area contributed by atoms with E-state index in [-0.39, 0.29) is 5.82 Å². The van der Waals surface area contributed by atoms with E-state index in [0.29, 0.717) is 23.2 Å². The van der Waals surface area contributed by atoms with Crippen molar-refractivity contribution in [3.63, 3.8) is 0 Å². The molecule has 0 unspecified atom stereocenters. The summed E-state index contributed by atoms with van der Waals surface area (Å²) in [6.45, 7) is 0. The lowest BCUT2D eigenvalue weighted by Gasteiger charge is -2.08. The van der Waals surface area contributed by atoms with E-state index in [9.17, 15) is 0 Å². The Bertz CT molecular complexity index is 714. The van der Waals surface area contributed by atoms with Crippen molar-refractivity contribution in [1.29, 1.82) is 0 Å². The van der Waals surface area contributed by atoms with Crippen molar-refractivity contribution >= 4 is 13.4 Å². The molecule has 6 heteroatoms. The van der Waals surface area contributed by atoms with Gasteiger partial charge in [-0.1, -0.05) is 29.2 Å². The maximum absolute atomic E-state index is 5.81. The molecule has 0 bridgehead atoms. The molecule has 0 amide bonds. The van der Waals surface area contributed by atoms with E-state index in [0.717, 1.165) is 17.6 Å². The quantitative estimate of drug-likeness (QED) is 0.811. The van der Waals surface area contributed by atoms with Gasteiger partial charge in [0.25, 0.3) is 5.89 Å². The number of allylic oxidation sites excluding steroid dienone is 4. The number of benzene rings is 1. The van der Waals surface area contributed by atoms with Gasteiger partial charge in [0, 0.05) is 17.2 Å². The molecule has 1 heterocycles. The van der Waals surface area contributed by atoms with Gasteiger partial charge < -0.3 is 14.0 Å². The predicted molar refractivity (Wildman–Crippen MR) is 84.1 cm³/mol. The summed E-state index contributed by atoms with van der Waals surface area (Å²) in [5, 5.41) is 4.02. The molecular formula is C16H15BN2O3. The van der Waals surface area contributed by atoms with Crippen molar-refractivity contribution in [2.24, 2.45) is 0 Å². The van der Waals surface area contributed by atoms with Gasteiger partial charge in [-0.2, -0.15) is 4.98 Å². The Kier molecular flexibility index (Phi) is 4.00. The molecule has 22 heavy (non-hydrogen) atoms. The maximum atomic E-state index is 5.81. The van der Waals surface area contributed by atoms with Gasteiger partial charge >= 0.3 is 0 Å². The fraction of sp³-hybridized carbons (Fsp3) is 0.250. The second kappa shape index (κ2) is 6.09. The second-order valence-corrected chi connectivity index (χ2v) is 4.94. The SMILES string of the molecule is [B][C@H]1C=CC(c2noc(-c3cc(OC)cc(OC)c3)n2)=CC1. The highest BCUT2D eigenvalue weighted by Crippen LogP contribution is 2.30. The van der Waals surface area contributed by atoms with Crippen LogP contribution in [0, 0.1) is 0 Å². The summed E-state index contributed by atoms with van der Waals surface area (Å²) >= 11 is 0. The van der Waals surface area contributed by atoms with E-state index in [4.69, 9.17) is 21.8 Å². The third-order valence-corrected chi connectivity index (χ3v) is 3.42. The minimum Gasteiger partial charge on any atom is -0.497 e. The average molecular weight is 294 g/mol. The summed E-state index contributed by atoms with van der Waals surface area (Å²) in [7, 11) is 9.00. The molecular weight excluding hydrogens is 279 g/mol. The highest BCUT2D eigenvalue weighted by Gasteiger charge is 2.15. The summed E-state index contributed by atoms with van der Waals surface area (Å²) in [4.78, 5) is 4.43. The zero-order valence-electron chi connectivity index (χ0n) is 12.4. The lowest BCUT2D eigenvalue weighted by atomic mass is 9.81. The van der Waals surface area contributed by atoms with Gasteiger partial charge in [-0.05, 0) is 18.6 Å². The Morgan fingerprint density at radius 3 is 2.50 bits per heavy atom. The van der Waals surface area contributed by atoms with E-state index in [1.54, 1.807) is 20.3 Å². The number of nitrogens with zero attached hydrogens (tertiary/aromatic N) is 2. The molecule has 0 spiro atoms. The van der Waals surface area contributed by atoms with Gasteiger partial charge in [0.1, 0.15) is 11.5 Å². The Labute approximate surface area is 130 Å². The van der Waals surface area contributed by atoms with Crippen LogP contribution in [0.25, 0.3) is 17.0 Å². The minimum atomic E-state index is 0.0535. The topological polar surface area (TPSA) is 57.4 Å². The molecule has 110 valence electrons. The molecule has 5 nitrogen and oxygen atoms in total. The maximum Gasteiger partial charge on any atom is 0.258 e. The van der Waals surface area contributed by atoms with Crippen LogP contribution in [0.15, 0.2) is 41.0 Å². The van der Waals surface area contributed by atoms with Crippen molar-refractivity contribution in [3.8, 4) is 23.0 Å². The molecule has 1 aliphatic carbocycles. The molecule has 0 fully saturated rings. The third kappa shape index (κ3) is 2.91. The molecule has 1 atom stereocenters. The molecule has 0 saturated carbocycles. The van der Waals surface area contributed by atoms with E-state index < -0.39 is 0 Å². The molecule has 1 aromatic carbocycles. The number of rotatable bonds is 4. The lowest BCUT2D eigenvalue weighted by molar-refractivity contribution is 0.393. The Hall–Kier alpha value is -2.50. The van der Waals surface area contributed by atoms with Crippen LogP contribution in [0.1, 0.15) is 12.2 Å². The Balaban J connectivity index is 1.92. The van der Waals surface area contributed by atoms with E-state index >= 15 is 0 Å². The van der Waals surface area contributed by atoms with E-state index in [2.05, 4.69) is 10.1 Å². The molecule has 0 saturated heterocycles. The van der Waals surface area contributed by atoms with Crippen LogP contribution in [0.2, 0.25) is 5.82 Å². The highest BCUT2D eigenvalue weighted by atomic mass is 16.5. The van der Waals surface area contributed by atoms with Gasteiger partial charge in [0.15, 0.2) is 0 Å². The first kappa shape index (κ1) is 14.4. The molecule has 2 aromatic rings. The Morgan fingerprint density at radius 1 is 1.18 bits per heavy atom. The summed E-state index contributed by atoms with van der Waals surface area (Å²) in [5.74, 6) is 2.34. The van der Waals surface area contributed by atoms with Crippen LogP contribution < -0.4 is 9.47 Å². The summed E-state index contributed by atoms with van der Waals surface area (Å²) in [5.41, 5.74) is 1.65. The first-order valence-electron chi connectivity index (χ1n) is 6.91. The minimum absolute atomic E-state index is 0.0535. The van der Waals surface area contributed by atoms with Gasteiger partial charge in [0.2, 0.25) is 5.82 Å². The summed E-state index contributed by atoms with van der Waals surface area (Å²) < 4.78 is 15.8.